The van der Waals surface area contributed by atoms with Gasteiger partial charge in [-0.1, -0.05) is 23.2 Å². The molecule has 1 aliphatic rings. The molecule has 0 radical (unpaired) electrons. The number of carboxylic acids is 1. The van der Waals surface area contributed by atoms with E-state index < -0.39 is 37.1 Å². The molecule has 0 aromatic heterocycles. The summed E-state index contributed by atoms with van der Waals surface area (Å²) in [6.07, 6.45) is 0.793. The Bertz CT molecular complexity index is 673. The van der Waals surface area contributed by atoms with Crippen LogP contribution in [0.2, 0.25) is 10.0 Å². The number of halogens is 3. The van der Waals surface area contributed by atoms with E-state index in [2.05, 4.69) is 4.72 Å². The van der Waals surface area contributed by atoms with Gasteiger partial charge in [0.2, 0.25) is 10.0 Å². The van der Waals surface area contributed by atoms with Crippen LogP contribution in [0.1, 0.15) is 12.8 Å². The second-order valence-electron chi connectivity index (χ2n) is 4.58. The smallest absolute Gasteiger partial charge is 0.310 e. The highest BCUT2D eigenvalue weighted by atomic mass is 35.5. The van der Waals surface area contributed by atoms with Gasteiger partial charge in [-0.15, -0.1) is 0 Å². The van der Waals surface area contributed by atoms with E-state index >= 15 is 0 Å². The molecule has 0 spiro atoms. The van der Waals surface area contributed by atoms with Crippen molar-refractivity contribution in [2.45, 2.75) is 17.7 Å². The molecule has 2 rings (SSSR count). The predicted molar refractivity (Wildman–Crippen MR) is 70.9 cm³/mol. The molecule has 1 aromatic rings. The van der Waals surface area contributed by atoms with Crippen LogP contribution in [0.5, 0.6) is 0 Å². The second kappa shape index (κ2) is 5.14. The third-order valence-electron chi connectivity index (χ3n) is 3.20. The highest BCUT2D eigenvalue weighted by Crippen LogP contribution is 2.45. The largest absolute Gasteiger partial charge is 0.481 e. The number of nitrogens with one attached hydrogen (secondary N) is 1. The molecule has 1 aromatic carbocycles. The molecular formula is C11H10Cl2FNO4S. The molecule has 0 bridgehead atoms. The Hall–Kier alpha value is -0.890. The monoisotopic (exact) mass is 341 g/mol. The fraction of sp³-hybridized carbons (Fsp3) is 0.364. The van der Waals surface area contributed by atoms with E-state index in [4.69, 9.17) is 28.3 Å². The summed E-state index contributed by atoms with van der Waals surface area (Å²) >= 11 is 11.1. The molecule has 2 N–H and O–H groups in total. The SMILES string of the molecule is O=C(O)C1(CNS(=O)(=O)c2ccc(Cl)c(F)c2Cl)CC1. The second-order valence-corrected chi connectivity index (χ2v) is 7.10. The van der Waals surface area contributed by atoms with Gasteiger partial charge in [-0.05, 0) is 25.0 Å². The Morgan fingerprint density at radius 2 is 2.00 bits per heavy atom. The average Bonchev–Trinajstić information content (AvgIpc) is 3.14. The Kier molecular flexibility index (Phi) is 3.98. The number of carboxylic acid groups (broad SMARTS) is 1. The Balaban J connectivity index is 2.24. The maximum Gasteiger partial charge on any atom is 0.310 e. The maximum absolute atomic E-state index is 13.5. The molecule has 0 heterocycles. The quantitative estimate of drug-likeness (QED) is 0.804. The molecule has 0 atom stereocenters. The van der Waals surface area contributed by atoms with Crippen molar-refractivity contribution in [3.8, 4) is 0 Å². The highest BCUT2D eigenvalue weighted by molar-refractivity contribution is 7.89. The molecule has 0 amide bonds. The zero-order valence-corrected chi connectivity index (χ0v) is 12.3. The van der Waals surface area contributed by atoms with Crippen LogP contribution >= 0.6 is 23.2 Å². The van der Waals surface area contributed by atoms with Crippen molar-refractivity contribution in [2.75, 3.05) is 6.54 Å². The van der Waals surface area contributed by atoms with Crippen LogP contribution in [0.25, 0.3) is 0 Å². The minimum Gasteiger partial charge on any atom is -0.481 e. The lowest BCUT2D eigenvalue weighted by atomic mass is 10.1. The van der Waals surface area contributed by atoms with Crippen LogP contribution in [0.3, 0.4) is 0 Å². The van der Waals surface area contributed by atoms with Crippen LogP contribution in [0, 0.1) is 11.2 Å². The minimum atomic E-state index is -4.10. The van der Waals surface area contributed by atoms with Crippen LogP contribution < -0.4 is 4.72 Å². The number of hydrogen-bond donors (Lipinski definition) is 2. The normalized spacial score (nSPS) is 16.9. The van der Waals surface area contributed by atoms with E-state index in [-0.39, 0.29) is 11.6 Å². The van der Waals surface area contributed by atoms with Crippen LogP contribution in [-0.4, -0.2) is 26.0 Å². The summed E-state index contributed by atoms with van der Waals surface area (Å²) in [6, 6.07) is 2.14. The van der Waals surface area contributed by atoms with E-state index in [1.54, 1.807) is 0 Å². The van der Waals surface area contributed by atoms with Crippen molar-refractivity contribution in [2.24, 2.45) is 5.41 Å². The van der Waals surface area contributed by atoms with Gasteiger partial charge in [0, 0.05) is 6.54 Å². The average molecular weight is 342 g/mol. The van der Waals surface area contributed by atoms with Crippen molar-refractivity contribution in [3.05, 3.63) is 28.0 Å². The first kappa shape index (κ1) is 15.5. The van der Waals surface area contributed by atoms with E-state index in [0.29, 0.717) is 12.8 Å². The maximum atomic E-state index is 13.5. The summed E-state index contributed by atoms with van der Waals surface area (Å²) in [4.78, 5) is 10.5. The Morgan fingerprint density at radius 3 is 2.50 bits per heavy atom. The van der Waals surface area contributed by atoms with Gasteiger partial charge in [-0.25, -0.2) is 17.5 Å². The van der Waals surface area contributed by atoms with Gasteiger partial charge in [-0.3, -0.25) is 4.79 Å². The fourth-order valence-electron chi connectivity index (χ4n) is 1.64. The Morgan fingerprint density at radius 1 is 1.40 bits per heavy atom. The molecule has 9 heteroatoms. The van der Waals surface area contributed by atoms with Gasteiger partial charge < -0.3 is 5.11 Å². The molecular weight excluding hydrogens is 332 g/mol. The molecule has 0 unspecified atom stereocenters. The highest BCUT2D eigenvalue weighted by Gasteiger charge is 2.50. The predicted octanol–water partition coefficient (Wildman–Crippen LogP) is 2.28. The summed E-state index contributed by atoms with van der Waals surface area (Å²) in [5.74, 6) is -2.09. The first-order valence-electron chi connectivity index (χ1n) is 5.56. The van der Waals surface area contributed by atoms with Crippen molar-refractivity contribution in [3.63, 3.8) is 0 Å². The van der Waals surface area contributed by atoms with Crippen molar-refractivity contribution >= 4 is 39.2 Å². The number of aliphatic carboxylic acids is 1. The number of hydrogen-bond acceptors (Lipinski definition) is 3. The van der Waals surface area contributed by atoms with Crippen LogP contribution in [0.4, 0.5) is 4.39 Å². The zero-order valence-electron chi connectivity index (χ0n) is 9.99. The minimum absolute atomic E-state index is 0.259. The van der Waals surface area contributed by atoms with Crippen LogP contribution in [-0.2, 0) is 14.8 Å². The third kappa shape index (κ3) is 2.76. The number of benzene rings is 1. The van der Waals surface area contributed by atoms with E-state index in [9.17, 15) is 17.6 Å². The zero-order chi connectivity index (χ0) is 15.1. The first-order valence-corrected chi connectivity index (χ1v) is 7.80. The molecule has 1 fully saturated rings. The standard InChI is InChI=1S/C11H10Cl2FNO4S/c12-6-1-2-7(8(13)9(6)14)20(18,19)15-5-11(3-4-11)10(16)17/h1-2,15H,3-5H2,(H,16,17). The molecule has 20 heavy (non-hydrogen) atoms. The first-order chi connectivity index (χ1) is 9.19. The van der Waals surface area contributed by atoms with Crippen molar-refractivity contribution in [1.29, 1.82) is 0 Å². The summed E-state index contributed by atoms with van der Waals surface area (Å²) in [5.41, 5.74) is -1.06. The molecule has 0 saturated heterocycles. The molecule has 0 aliphatic heterocycles. The van der Waals surface area contributed by atoms with Gasteiger partial charge >= 0.3 is 5.97 Å². The molecule has 1 aliphatic carbocycles. The summed E-state index contributed by atoms with van der Waals surface area (Å²) < 4.78 is 39.7. The van der Waals surface area contributed by atoms with Gasteiger partial charge in [0.05, 0.1) is 15.5 Å². The van der Waals surface area contributed by atoms with Gasteiger partial charge in [0.1, 0.15) is 4.90 Å². The third-order valence-corrected chi connectivity index (χ3v) is 5.41. The molecule has 110 valence electrons. The number of sulfonamides is 1. The number of rotatable bonds is 5. The van der Waals surface area contributed by atoms with Gasteiger partial charge in [0.15, 0.2) is 5.82 Å². The molecule has 1 saturated carbocycles. The van der Waals surface area contributed by atoms with E-state index in [0.717, 1.165) is 12.1 Å². The topological polar surface area (TPSA) is 83.5 Å². The lowest BCUT2D eigenvalue weighted by Crippen LogP contribution is -2.34. The van der Waals surface area contributed by atoms with Crippen molar-refractivity contribution in [1.82, 2.24) is 4.72 Å². The molecule has 5 nitrogen and oxygen atoms in total. The summed E-state index contributed by atoms with van der Waals surface area (Å²) in [6.45, 7) is -0.259. The van der Waals surface area contributed by atoms with Gasteiger partial charge in [0.25, 0.3) is 0 Å². The van der Waals surface area contributed by atoms with Crippen molar-refractivity contribution < 1.29 is 22.7 Å². The lowest BCUT2D eigenvalue weighted by molar-refractivity contribution is -0.143. The summed E-state index contributed by atoms with van der Waals surface area (Å²) in [7, 11) is -4.10. The lowest BCUT2D eigenvalue weighted by Gasteiger charge is -2.13. The van der Waals surface area contributed by atoms with E-state index in [1.165, 1.54) is 0 Å². The van der Waals surface area contributed by atoms with Gasteiger partial charge in [-0.2, -0.15) is 0 Å². The summed E-state index contributed by atoms with van der Waals surface area (Å²) in [5, 5.41) is 8.05. The Labute approximate surface area is 124 Å². The van der Waals surface area contributed by atoms with Crippen LogP contribution in [0.15, 0.2) is 17.0 Å². The fourth-order valence-corrected chi connectivity index (χ4v) is 3.51. The number of carbonyl (C=O) groups is 1. The van der Waals surface area contributed by atoms with E-state index in [1.807, 2.05) is 0 Å².